The number of furan rings is 1. The zero-order valence-electron chi connectivity index (χ0n) is 18.5. The molecule has 0 aliphatic rings. The van der Waals surface area contributed by atoms with Crippen molar-refractivity contribution in [1.82, 2.24) is 20.3 Å². The molecule has 5 aromatic rings. The molecular formula is C26H17Cl2N5O2S. The summed E-state index contributed by atoms with van der Waals surface area (Å²) in [7, 11) is 0. The van der Waals surface area contributed by atoms with Crippen LogP contribution in [0.2, 0.25) is 10.0 Å². The Morgan fingerprint density at radius 2 is 1.67 bits per heavy atom. The second-order valence-corrected chi connectivity index (χ2v) is 8.88. The second kappa shape index (κ2) is 10.3. The van der Waals surface area contributed by atoms with Gasteiger partial charge >= 0.3 is 0 Å². The molecule has 0 unspecified atom stereocenters. The van der Waals surface area contributed by atoms with Crippen molar-refractivity contribution < 1.29 is 9.21 Å². The smallest absolute Gasteiger partial charge is 0.250 e. The van der Waals surface area contributed by atoms with Crippen LogP contribution in [0, 0.1) is 0 Å². The number of amides is 1. The molecule has 2 aromatic heterocycles. The van der Waals surface area contributed by atoms with E-state index in [2.05, 4.69) is 20.8 Å². The summed E-state index contributed by atoms with van der Waals surface area (Å²) in [5.41, 5.74) is 3.45. The van der Waals surface area contributed by atoms with Gasteiger partial charge in [0, 0.05) is 16.7 Å². The Morgan fingerprint density at radius 1 is 0.944 bits per heavy atom. The van der Waals surface area contributed by atoms with E-state index in [-0.39, 0.29) is 5.11 Å². The number of carbonyl (C=O) groups is 1. The van der Waals surface area contributed by atoms with E-state index in [1.165, 1.54) is 10.9 Å². The Kier molecular flexibility index (Phi) is 6.81. The van der Waals surface area contributed by atoms with E-state index in [1.807, 2.05) is 48.5 Å². The summed E-state index contributed by atoms with van der Waals surface area (Å²) in [6.45, 7) is 0. The number of fused-ring (bicyclic) bond motifs is 1. The van der Waals surface area contributed by atoms with E-state index in [4.69, 9.17) is 39.8 Å². The van der Waals surface area contributed by atoms with Gasteiger partial charge in [0.15, 0.2) is 5.11 Å². The number of carbonyl (C=O) groups excluding carboxylic acids is 1. The minimum absolute atomic E-state index is 0.0858. The first-order valence-corrected chi connectivity index (χ1v) is 11.9. The fourth-order valence-corrected chi connectivity index (χ4v) is 3.93. The van der Waals surface area contributed by atoms with Gasteiger partial charge in [0.1, 0.15) is 22.6 Å². The monoisotopic (exact) mass is 533 g/mol. The van der Waals surface area contributed by atoms with Crippen molar-refractivity contribution in [2.45, 2.75) is 0 Å². The number of anilines is 1. The van der Waals surface area contributed by atoms with E-state index in [1.54, 1.807) is 36.4 Å². The summed E-state index contributed by atoms with van der Waals surface area (Å²) in [6.07, 6.45) is 2.88. The lowest BCUT2D eigenvalue weighted by Crippen LogP contribution is -2.32. The molecule has 7 nitrogen and oxygen atoms in total. The number of halogens is 2. The van der Waals surface area contributed by atoms with Crippen LogP contribution in [-0.4, -0.2) is 26.0 Å². The fraction of sp³-hybridized carbons (Fsp3) is 0. The maximum absolute atomic E-state index is 12.3. The van der Waals surface area contributed by atoms with Crippen LogP contribution in [0.4, 0.5) is 5.69 Å². The van der Waals surface area contributed by atoms with Crippen molar-refractivity contribution in [2.24, 2.45) is 0 Å². The predicted molar refractivity (Wildman–Crippen MR) is 146 cm³/mol. The SMILES string of the molecule is O=C(C=Cc1ccc(-c2ccc(Cl)cc2)o1)NC(=S)Nc1cc2nn(-c3ccccc3)nc2cc1Cl. The number of hydrogen-bond donors (Lipinski definition) is 2. The number of hydrogen-bond acceptors (Lipinski definition) is 5. The highest BCUT2D eigenvalue weighted by Gasteiger charge is 2.11. The quantitative estimate of drug-likeness (QED) is 0.198. The first kappa shape index (κ1) is 23.7. The summed E-state index contributed by atoms with van der Waals surface area (Å²) in [5, 5.41) is 15.6. The van der Waals surface area contributed by atoms with Crippen molar-refractivity contribution in [2.75, 3.05) is 5.32 Å². The van der Waals surface area contributed by atoms with Gasteiger partial charge in [-0.3, -0.25) is 10.1 Å². The number of benzene rings is 3. The number of rotatable bonds is 5. The lowest BCUT2D eigenvalue weighted by molar-refractivity contribution is -0.115. The molecule has 0 bridgehead atoms. The van der Waals surface area contributed by atoms with Gasteiger partial charge in [-0.05, 0) is 79.0 Å². The van der Waals surface area contributed by atoms with Gasteiger partial charge in [-0.15, -0.1) is 10.2 Å². The van der Waals surface area contributed by atoms with Gasteiger partial charge in [-0.2, -0.15) is 4.80 Å². The minimum Gasteiger partial charge on any atom is -0.457 e. The summed E-state index contributed by atoms with van der Waals surface area (Å²) in [6, 6.07) is 23.8. The van der Waals surface area contributed by atoms with Crippen LogP contribution in [-0.2, 0) is 4.79 Å². The van der Waals surface area contributed by atoms with Gasteiger partial charge in [0.05, 0.1) is 16.4 Å². The van der Waals surface area contributed by atoms with Gasteiger partial charge < -0.3 is 9.73 Å². The lowest BCUT2D eigenvalue weighted by atomic mass is 10.2. The van der Waals surface area contributed by atoms with Crippen LogP contribution in [0.1, 0.15) is 5.76 Å². The Hall–Kier alpha value is -3.98. The van der Waals surface area contributed by atoms with Crippen molar-refractivity contribution in [3.63, 3.8) is 0 Å². The molecule has 5 rings (SSSR count). The van der Waals surface area contributed by atoms with Crippen molar-refractivity contribution in [1.29, 1.82) is 0 Å². The first-order chi connectivity index (χ1) is 17.4. The van der Waals surface area contributed by atoms with Crippen LogP contribution in [0.5, 0.6) is 0 Å². The number of nitrogens with zero attached hydrogens (tertiary/aromatic N) is 3. The normalized spacial score (nSPS) is 11.2. The summed E-state index contributed by atoms with van der Waals surface area (Å²) in [5.74, 6) is 0.756. The van der Waals surface area contributed by atoms with Crippen LogP contribution >= 0.6 is 35.4 Å². The highest BCUT2D eigenvalue weighted by molar-refractivity contribution is 7.80. The third-order valence-corrected chi connectivity index (χ3v) is 5.86. The molecular weight excluding hydrogens is 517 g/mol. The van der Waals surface area contributed by atoms with E-state index >= 15 is 0 Å². The van der Waals surface area contributed by atoms with Crippen LogP contribution < -0.4 is 10.6 Å². The molecule has 0 aliphatic heterocycles. The fourth-order valence-electron chi connectivity index (χ4n) is 3.39. The van der Waals surface area contributed by atoms with E-state index in [0.717, 1.165) is 11.3 Å². The average molecular weight is 534 g/mol. The second-order valence-electron chi connectivity index (χ2n) is 7.63. The molecule has 2 heterocycles. The van der Waals surface area contributed by atoms with Crippen LogP contribution in [0.3, 0.4) is 0 Å². The lowest BCUT2D eigenvalue weighted by Gasteiger charge is -2.09. The summed E-state index contributed by atoms with van der Waals surface area (Å²) < 4.78 is 5.76. The molecule has 3 aromatic carbocycles. The van der Waals surface area contributed by atoms with Crippen molar-refractivity contribution >= 4 is 69.2 Å². The Labute approximate surface area is 221 Å². The summed E-state index contributed by atoms with van der Waals surface area (Å²) in [4.78, 5) is 13.9. The van der Waals surface area contributed by atoms with E-state index < -0.39 is 5.91 Å². The average Bonchev–Trinajstić information content (AvgIpc) is 3.51. The number of nitrogens with one attached hydrogen (secondary N) is 2. The molecule has 10 heteroatoms. The molecule has 178 valence electrons. The standard InChI is InChI=1S/C26H17Cl2N5O2S/c27-17-8-6-16(7-9-17)24-12-10-19(35-24)11-13-25(34)30-26(36)29-21-15-23-22(14-20(21)28)31-33(32-23)18-4-2-1-3-5-18/h1-15H,(H2,29,30,34,36). The largest absolute Gasteiger partial charge is 0.457 e. The molecule has 0 atom stereocenters. The van der Waals surface area contributed by atoms with E-state index in [0.29, 0.717) is 38.3 Å². The maximum Gasteiger partial charge on any atom is 0.250 e. The third-order valence-electron chi connectivity index (χ3n) is 5.10. The maximum atomic E-state index is 12.3. The van der Waals surface area contributed by atoms with Gasteiger partial charge in [0.25, 0.3) is 0 Å². The Bertz CT molecular complexity index is 1590. The van der Waals surface area contributed by atoms with Crippen molar-refractivity contribution in [3.8, 4) is 17.0 Å². The topological polar surface area (TPSA) is 85.0 Å². The molecule has 0 aliphatic carbocycles. The molecule has 36 heavy (non-hydrogen) atoms. The third kappa shape index (κ3) is 5.46. The number of aromatic nitrogens is 3. The first-order valence-electron chi connectivity index (χ1n) is 10.7. The highest BCUT2D eigenvalue weighted by Crippen LogP contribution is 2.27. The molecule has 0 saturated carbocycles. The molecule has 2 N–H and O–H groups in total. The van der Waals surface area contributed by atoms with Gasteiger partial charge in [-0.25, -0.2) is 0 Å². The van der Waals surface area contributed by atoms with Crippen LogP contribution in [0.25, 0.3) is 34.1 Å². The Morgan fingerprint density at radius 3 is 2.42 bits per heavy atom. The molecule has 0 radical (unpaired) electrons. The van der Waals surface area contributed by atoms with Crippen LogP contribution in [0.15, 0.2) is 89.4 Å². The minimum atomic E-state index is -0.427. The molecule has 0 fully saturated rings. The van der Waals surface area contributed by atoms with Crippen molar-refractivity contribution in [3.05, 3.63) is 101 Å². The molecule has 0 spiro atoms. The van der Waals surface area contributed by atoms with Gasteiger partial charge in [-0.1, -0.05) is 41.4 Å². The number of thiocarbonyl (C=S) groups is 1. The molecule has 1 amide bonds. The number of para-hydroxylation sites is 1. The van der Waals surface area contributed by atoms with E-state index in [9.17, 15) is 4.79 Å². The zero-order valence-corrected chi connectivity index (χ0v) is 20.8. The zero-order chi connectivity index (χ0) is 25.1. The highest BCUT2D eigenvalue weighted by atomic mass is 35.5. The molecule has 0 saturated heterocycles. The Balaban J connectivity index is 1.22. The van der Waals surface area contributed by atoms with Gasteiger partial charge in [0.2, 0.25) is 5.91 Å². The predicted octanol–water partition coefficient (Wildman–Crippen LogP) is 6.51. The summed E-state index contributed by atoms with van der Waals surface area (Å²) >= 11 is 17.6.